The van der Waals surface area contributed by atoms with Gasteiger partial charge in [-0.25, -0.2) is 9.59 Å². The summed E-state index contributed by atoms with van der Waals surface area (Å²) in [6.45, 7) is 1.66. The maximum Gasteiger partial charge on any atom is 0.341 e. The first-order valence-corrected chi connectivity index (χ1v) is 15.0. The number of carbonyl (C=O) groups is 5. The van der Waals surface area contributed by atoms with Crippen LogP contribution < -0.4 is 20.7 Å². The number of aliphatic carboxylic acids is 1. The second kappa shape index (κ2) is 17.8. The van der Waals surface area contributed by atoms with Crippen molar-refractivity contribution in [2.75, 3.05) is 13.2 Å². The predicted molar refractivity (Wildman–Crippen MR) is 169 cm³/mol. The molecule has 0 aliphatic carbocycles. The number of phenols is 1. The van der Waals surface area contributed by atoms with Gasteiger partial charge in [0.05, 0.1) is 6.42 Å². The standard InChI is InChI=1S/C34H39N3O9/c1-2-3-7-16-35-32(42)27(19-24-12-15-29(46-21-31(40)41)26(17-24)34(44)45)37-33(43)28(18-22-8-5-4-6-9-22)36-30(39)20-23-10-13-25(38)14-11-23/h4-6,8-15,17,27-28,38H,2-3,7,16,18-21H2,1H3,(H,35,42)(H,36,39)(H,37,43)(H,40,41)(H,44,45)/t27-,28?/m0/s1. The van der Waals surface area contributed by atoms with Crippen LogP contribution in [0.1, 0.15) is 53.2 Å². The molecular formula is C34H39N3O9. The van der Waals surface area contributed by atoms with Crippen molar-refractivity contribution < 1.29 is 44.0 Å². The third-order valence-electron chi connectivity index (χ3n) is 7.01. The van der Waals surface area contributed by atoms with E-state index in [9.17, 15) is 34.2 Å². The fourth-order valence-electron chi connectivity index (χ4n) is 4.67. The number of ether oxygens (including phenoxy) is 1. The minimum atomic E-state index is -1.36. The van der Waals surface area contributed by atoms with Crippen molar-refractivity contribution in [3.8, 4) is 11.5 Å². The molecule has 0 spiro atoms. The van der Waals surface area contributed by atoms with Crippen molar-refractivity contribution in [2.45, 2.75) is 57.5 Å². The van der Waals surface area contributed by atoms with Gasteiger partial charge in [0, 0.05) is 19.4 Å². The van der Waals surface area contributed by atoms with Gasteiger partial charge >= 0.3 is 11.9 Å². The Labute approximate surface area is 266 Å². The molecule has 3 aromatic rings. The Balaban J connectivity index is 1.85. The van der Waals surface area contributed by atoms with Gasteiger partial charge in [0.2, 0.25) is 17.7 Å². The number of carbonyl (C=O) groups excluding carboxylic acids is 3. The first-order valence-electron chi connectivity index (χ1n) is 15.0. The number of aromatic carboxylic acids is 1. The third kappa shape index (κ3) is 11.6. The fourth-order valence-corrected chi connectivity index (χ4v) is 4.67. The molecule has 0 fully saturated rings. The van der Waals surface area contributed by atoms with Crippen LogP contribution in [0.4, 0.5) is 0 Å². The number of aromatic hydroxyl groups is 1. The number of carboxylic acids is 2. The molecule has 0 saturated heterocycles. The number of phenolic OH excluding ortho intramolecular Hbond substituents is 1. The zero-order valence-electron chi connectivity index (χ0n) is 25.5. The quantitative estimate of drug-likeness (QED) is 0.114. The highest BCUT2D eigenvalue weighted by atomic mass is 16.5. The van der Waals surface area contributed by atoms with Crippen molar-refractivity contribution in [1.82, 2.24) is 16.0 Å². The molecule has 1 unspecified atom stereocenters. The summed E-state index contributed by atoms with van der Waals surface area (Å²) in [6, 6.07) is 17.1. The highest BCUT2D eigenvalue weighted by Gasteiger charge is 2.28. The highest BCUT2D eigenvalue weighted by molar-refractivity contribution is 5.93. The highest BCUT2D eigenvalue weighted by Crippen LogP contribution is 2.22. The van der Waals surface area contributed by atoms with E-state index in [0.717, 1.165) is 24.8 Å². The molecule has 2 atom stereocenters. The minimum absolute atomic E-state index is 0.0472. The molecule has 3 amide bonds. The summed E-state index contributed by atoms with van der Waals surface area (Å²) in [5.41, 5.74) is 1.49. The van der Waals surface area contributed by atoms with Gasteiger partial charge in [0.15, 0.2) is 6.61 Å². The summed E-state index contributed by atoms with van der Waals surface area (Å²) in [7, 11) is 0. The normalized spacial score (nSPS) is 11.9. The van der Waals surface area contributed by atoms with Crippen molar-refractivity contribution in [2.24, 2.45) is 0 Å². The lowest BCUT2D eigenvalue weighted by Crippen LogP contribution is -2.55. The number of hydrogen-bond donors (Lipinski definition) is 6. The van der Waals surface area contributed by atoms with Crippen molar-refractivity contribution >= 4 is 29.7 Å². The molecular weight excluding hydrogens is 594 g/mol. The molecule has 0 aliphatic rings. The van der Waals surface area contributed by atoms with Gasteiger partial charge in [-0.3, -0.25) is 14.4 Å². The Hall–Kier alpha value is -5.39. The maximum atomic E-state index is 13.7. The lowest BCUT2D eigenvalue weighted by Gasteiger charge is -2.24. The molecule has 12 nitrogen and oxygen atoms in total. The lowest BCUT2D eigenvalue weighted by atomic mass is 10.00. The second-order valence-corrected chi connectivity index (χ2v) is 10.7. The van der Waals surface area contributed by atoms with E-state index in [1.165, 1.54) is 30.3 Å². The first-order chi connectivity index (χ1) is 22.0. The van der Waals surface area contributed by atoms with Crippen LogP contribution in [-0.4, -0.2) is 70.2 Å². The topological polar surface area (TPSA) is 191 Å². The molecule has 12 heteroatoms. The fraction of sp³-hybridized carbons (Fsp3) is 0.324. The molecule has 0 bridgehead atoms. The number of hydrogen-bond acceptors (Lipinski definition) is 7. The molecule has 0 aromatic heterocycles. The summed E-state index contributed by atoms with van der Waals surface area (Å²) in [5.74, 6) is -4.26. The Kier molecular flexibility index (Phi) is 13.6. The van der Waals surface area contributed by atoms with E-state index in [1.54, 1.807) is 24.3 Å². The molecule has 3 rings (SSSR count). The van der Waals surface area contributed by atoms with Crippen LogP contribution in [0.2, 0.25) is 0 Å². The SMILES string of the molecule is CCCCCNC(=O)[C@H](Cc1ccc(OCC(=O)O)c(C(=O)O)c1)NC(=O)C(Cc1ccccc1)NC(=O)Cc1ccc(O)cc1. The van der Waals surface area contributed by atoms with E-state index in [1.807, 2.05) is 25.1 Å². The summed E-state index contributed by atoms with van der Waals surface area (Å²) in [4.78, 5) is 62.9. The Bertz CT molecular complexity index is 1490. The van der Waals surface area contributed by atoms with Crippen LogP contribution in [0.15, 0.2) is 72.8 Å². The molecule has 6 N–H and O–H groups in total. The third-order valence-corrected chi connectivity index (χ3v) is 7.01. The van der Waals surface area contributed by atoms with Crippen LogP contribution >= 0.6 is 0 Å². The van der Waals surface area contributed by atoms with E-state index in [-0.39, 0.29) is 36.3 Å². The first kappa shape index (κ1) is 35.1. The molecule has 0 radical (unpaired) electrons. The van der Waals surface area contributed by atoms with Crippen LogP contribution in [0.5, 0.6) is 11.5 Å². The number of rotatable bonds is 18. The van der Waals surface area contributed by atoms with Crippen LogP contribution in [-0.2, 0) is 38.4 Å². The monoisotopic (exact) mass is 633 g/mol. The van der Waals surface area contributed by atoms with Gasteiger partial charge in [-0.05, 0) is 47.4 Å². The largest absolute Gasteiger partial charge is 0.508 e. The predicted octanol–water partition coefficient (Wildman–Crippen LogP) is 2.86. The number of unbranched alkanes of at least 4 members (excludes halogenated alkanes) is 2. The van der Waals surface area contributed by atoms with Gasteiger partial charge in [0.25, 0.3) is 0 Å². The van der Waals surface area contributed by atoms with Gasteiger partial charge < -0.3 is 36.0 Å². The average molecular weight is 634 g/mol. The molecule has 244 valence electrons. The summed E-state index contributed by atoms with van der Waals surface area (Å²) < 4.78 is 5.10. The summed E-state index contributed by atoms with van der Waals surface area (Å²) in [6.07, 6.45) is 2.56. The van der Waals surface area contributed by atoms with E-state index >= 15 is 0 Å². The van der Waals surface area contributed by atoms with Crippen molar-refractivity contribution in [1.29, 1.82) is 0 Å². The average Bonchev–Trinajstić information content (AvgIpc) is 3.03. The Morgan fingerprint density at radius 3 is 2.07 bits per heavy atom. The molecule has 46 heavy (non-hydrogen) atoms. The molecule has 0 heterocycles. The van der Waals surface area contributed by atoms with E-state index < -0.39 is 48.4 Å². The Morgan fingerprint density at radius 1 is 0.761 bits per heavy atom. The second-order valence-electron chi connectivity index (χ2n) is 10.7. The van der Waals surface area contributed by atoms with Gasteiger partial charge in [-0.15, -0.1) is 0 Å². The number of carboxylic acid groups (broad SMARTS) is 2. The Morgan fingerprint density at radius 2 is 1.41 bits per heavy atom. The lowest BCUT2D eigenvalue weighted by molar-refractivity contribution is -0.139. The van der Waals surface area contributed by atoms with Gasteiger partial charge in [-0.2, -0.15) is 0 Å². The summed E-state index contributed by atoms with van der Waals surface area (Å²) >= 11 is 0. The van der Waals surface area contributed by atoms with E-state index in [4.69, 9.17) is 9.84 Å². The molecule has 3 aromatic carbocycles. The van der Waals surface area contributed by atoms with Crippen LogP contribution in [0, 0.1) is 0 Å². The van der Waals surface area contributed by atoms with Crippen molar-refractivity contribution in [3.05, 3.63) is 95.1 Å². The van der Waals surface area contributed by atoms with E-state index in [2.05, 4.69) is 16.0 Å². The van der Waals surface area contributed by atoms with E-state index in [0.29, 0.717) is 17.7 Å². The van der Waals surface area contributed by atoms with Crippen LogP contribution in [0.3, 0.4) is 0 Å². The van der Waals surface area contributed by atoms with Gasteiger partial charge in [-0.1, -0.05) is 68.3 Å². The number of amides is 3. The maximum absolute atomic E-state index is 13.7. The summed E-state index contributed by atoms with van der Waals surface area (Å²) in [5, 5.41) is 36.5. The van der Waals surface area contributed by atoms with Gasteiger partial charge in [0.1, 0.15) is 29.1 Å². The smallest absolute Gasteiger partial charge is 0.341 e. The number of nitrogens with one attached hydrogen (secondary N) is 3. The molecule has 0 aliphatic heterocycles. The zero-order valence-corrected chi connectivity index (χ0v) is 25.5. The zero-order chi connectivity index (χ0) is 33.5. The molecule has 0 saturated carbocycles. The van der Waals surface area contributed by atoms with Crippen LogP contribution in [0.25, 0.3) is 0 Å². The number of benzene rings is 3. The minimum Gasteiger partial charge on any atom is -0.508 e. The van der Waals surface area contributed by atoms with Crippen molar-refractivity contribution in [3.63, 3.8) is 0 Å².